The van der Waals surface area contributed by atoms with Crippen molar-refractivity contribution in [3.63, 3.8) is 0 Å². The molecule has 10 heteroatoms. The van der Waals surface area contributed by atoms with Gasteiger partial charge in [0.05, 0.1) is 28.6 Å². The van der Waals surface area contributed by atoms with Gasteiger partial charge in [0.2, 0.25) is 5.95 Å². The molecule has 0 saturated carbocycles. The van der Waals surface area contributed by atoms with Gasteiger partial charge in [0, 0.05) is 30.9 Å². The smallest absolute Gasteiger partial charge is 0.273 e. The lowest BCUT2D eigenvalue weighted by Gasteiger charge is -2.43. The Morgan fingerprint density at radius 1 is 1.20 bits per heavy atom. The molecule has 132 valence electrons. The SMILES string of the molecule is Cc1nc(C(=O)N2CCN(c3ncccn3)[C@@H]3CS(=O)(=O)C[C@@H]32)cs1. The molecule has 2 atom stereocenters. The summed E-state index contributed by atoms with van der Waals surface area (Å²) in [6, 6.07) is 0.985. The number of thiazole rings is 1. The van der Waals surface area contributed by atoms with Crippen molar-refractivity contribution in [1.82, 2.24) is 19.9 Å². The van der Waals surface area contributed by atoms with Crippen LogP contribution < -0.4 is 4.90 Å². The Hall–Kier alpha value is -2.07. The van der Waals surface area contributed by atoms with E-state index in [-0.39, 0.29) is 23.5 Å². The highest BCUT2D eigenvalue weighted by Crippen LogP contribution is 2.30. The maximum absolute atomic E-state index is 12.8. The molecule has 4 rings (SSSR count). The van der Waals surface area contributed by atoms with Crippen LogP contribution >= 0.6 is 11.3 Å². The average molecular weight is 379 g/mol. The summed E-state index contributed by atoms with van der Waals surface area (Å²) in [5, 5.41) is 2.54. The lowest BCUT2D eigenvalue weighted by molar-refractivity contribution is 0.0642. The second kappa shape index (κ2) is 6.03. The van der Waals surface area contributed by atoms with Gasteiger partial charge in [0.25, 0.3) is 5.91 Å². The minimum absolute atomic E-state index is 0.00972. The van der Waals surface area contributed by atoms with E-state index in [1.165, 1.54) is 11.3 Å². The number of sulfone groups is 1. The normalized spacial score (nSPS) is 25.0. The van der Waals surface area contributed by atoms with E-state index in [9.17, 15) is 13.2 Å². The van der Waals surface area contributed by atoms with Gasteiger partial charge in [-0.15, -0.1) is 11.3 Å². The van der Waals surface area contributed by atoms with Crippen LogP contribution in [0.4, 0.5) is 5.95 Å². The quantitative estimate of drug-likeness (QED) is 0.744. The Morgan fingerprint density at radius 2 is 1.92 bits per heavy atom. The number of hydrogen-bond acceptors (Lipinski definition) is 8. The Balaban J connectivity index is 1.66. The van der Waals surface area contributed by atoms with Crippen LogP contribution in [0.25, 0.3) is 0 Å². The van der Waals surface area contributed by atoms with Crippen molar-refractivity contribution in [2.45, 2.75) is 19.0 Å². The van der Waals surface area contributed by atoms with Crippen LogP contribution in [0.2, 0.25) is 0 Å². The van der Waals surface area contributed by atoms with Crippen molar-refractivity contribution in [3.05, 3.63) is 34.5 Å². The number of carbonyl (C=O) groups excluding carboxylic acids is 1. The van der Waals surface area contributed by atoms with Gasteiger partial charge in [0.1, 0.15) is 5.69 Å². The van der Waals surface area contributed by atoms with Gasteiger partial charge >= 0.3 is 0 Å². The molecule has 1 amide bonds. The number of nitrogens with zero attached hydrogens (tertiary/aromatic N) is 5. The van der Waals surface area contributed by atoms with Crippen LogP contribution in [-0.4, -0.2) is 70.9 Å². The van der Waals surface area contributed by atoms with Crippen molar-refractivity contribution in [1.29, 1.82) is 0 Å². The number of carbonyl (C=O) groups is 1. The number of fused-ring (bicyclic) bond motifs is 1. The van der Waals surface area contributed by atoms with E-state index in [0.717, 1.165) is 5.01 Å². The molecule has 2 aromatic heterocycles. The van der Waals surface area contributed by atoms with E-state index in [1.807, 2.05) is 11.8 Å². The third-order valence-electron chi connectivity index (χ3n) is 4.58. The fourth-order valence-corrected chi connectivity index (χ4v) is 6.07. The number of rotatable bonds is 2. The summed E-state index contributed by atoms with van der Waals surface area (Å²) >= 11 is 1.41. The molecule has 2 saturated heterocycles. The van der Waals surface area contributed by atoms with Gasteiger partial charge < -0.3 is 9.80 Å². The highest BCUT2D eigenvalue weighted by Gasteiger charge is 2.49. The Bertz CT molecular complexity index is 899. The maximum atomic E-state index is 12.8. The van der Waals surface area contributed by atoms with Crippen molar-refractivity contribution in [2.75, 3.05) is 29.5 Å². The van der Waals surface area contributed by atoms with E-state index < -0.39 is 15.9 Å². The van der Waals surface area contributed by atoms with Crippen molar-refractivity contribution in [3.8, 4) is 0 Å². The molecule has 2 aromatic rings. The summed E-state index contributed by atoms with van der Waals surface area (Å²) in [5.74, 6) is 0.280. The number of aromatic nitrogens is 3. The molecule has 0 unspecified atom stereocenters. The molecule has 2 aliphatic heterocycles. The first-order valence-corrected chi connectivity index (χ1v) is 10.6. The van der Waals surface area contributed by atoms with Crippen LogP contribution in [0.1, 0.15) is 15.5 Å². The zero-order valence-electron chi connectivity index (χ0n) is 13.6. The molecule has 4 heterocycles. The topological polar surface area (TPSA) is 96.4 Å². The van der Waals surface area contributed by atoms with Gasteiger partial charge in [-0.2, -0.15) is 0 Å². The van der Waals surface area contributed by atoms with Crippen molar-refractivity contribution >= 4 is 33.0 Å². The average Bonchev–Trinajstić information content (AvgIpc) is 3.16. The summed E-state index contributed by atoms with van der Waals surface area (Å²) in [7, 11) is -3.22. The molecule has 0 spiro atoms. The zero-order chi connectivity index (χ0) is 17.6. The number of amides is 1. The maximum Gasteiger partial charge on any atom is 0.273 e. The monoisotopic (exact) mass is 379 g/mol. The summed E-state index contributed by atoms with van der Waals surface area (Å²) < 4.78 is 24.5. The van der Waals surface area contributed by atoms with Gasteiger partial charge in [-0.3, -0.25) is 4.79 Å². The second-order valence-electron chi connectivity index (χ2n) is 6.20. The molecule has 0 aromatic carbocycles. The number of aryl methyl sites for hydroxylation is 1. The van der Waals surface area contributed by atoms with Crippen LogP contribution in [0.3, 0.4) is 0 Å². The zero-order valence-corrected chi connectivity index (χ0v) is 15.2. The Morgan fingerprint density at radius 3 is 2.60 bits per heavy atom. The fraction of sp³-hybridized carbons (Fsp3) is 0.467. The molecule has 2 aliphatic rings. The van der Waals surface area contributed by atoms with E-state index in [0.29, 0.717) is 24.7 Å². The predicted octanol–water partition coefficient (Wildman–Crippen LogP) is 0.370. The predicted molar refractivity (Wildman–Crippen MR) is 93.5 cm³/mol. The van der Waals surface area contributed by atoms with Crippen LogP contribution in [0.15, 0.2) is 23.8 Å². The molecular weight excluding hydrogens is 362 g/mol. The molecule has 2 fully saturated rings. The standard InChI is InChI=1S/C15H17N5O3S2/c1-10-18-11(7-24-10)14(21)19-5-6-20(15-16-3-2-4-17-15)13-9-25(22,23)8-12(13)19/h2-4,7,12-13H,5-6,8-9H2,1H3/t12-,13+/m0/s1. The molecule has 0 bridgehead atoms. The Labute approximate surface area is 149 Å². The summed E-state index contributed by atoms with van der Waals surface area (Å²) in [4.78, 5) is 29.1. The lowest BCUT2D eigenvalue weighted by atomic mass is 10.0. The van der Waals surface area contributed by atoms with Crippen LogP contribution in [-0.2, 0) is 9.84 Å². The molecule has 8 nitrogen and oxygen atoms in total. The van der Waals surface area contributed by atoms with Gasteiger partial charge in [0.15, 0.2) is 9.84 Å². The van der Waals surface area contributed by atoms with Crippen molar-refractivity contribution < 1.29 is 13.2 Å². The first-order chi connectivity index (χ1) is 11.9. The van der Waals surface area contributed by atoms with Crippen LogP contribution in [0.5, 0.6) is 0 Å². The first kappa shape index (κ1) is 16.4. The lowest BCUT2D eigenvalue weighted by Crippen LogP contribution is -2.61. The number of hydrogen-bond donors (Lipinski definition) is 0. The number of anilines is 1. The fourth-order valence-electron chi connectivity index (χ4n) is 3.50. The minimum Gasteiger partial charge on any atom is -0.333 e. The number of piperazine rings is 1. The molecule has 0 N–H and O–H groups in total. The highest BCUT2D eigenvalue weighted by atomic mass is 32.2. The Kier molecular flexibility index (Phi) is 3.95. The molecule has 0 radical (unpaired) electrons. The summed E-state index contributed by atoms with van der Waals surface area (Å²) in [6.45, 7) is 2.76. The van der Waals surface area contributed by atoms with E-state index >= 15 is 0 Å². The minimum atomic E-state index is -3.22. The summed E-state index contributed by atoms with van der Waals surface area (Å²) in [5.41, 5.74) is 0.384. The van der Waals surface area contributed by atoms with E-state index in [1.54, 1.807) is 28.7 Å². The first-order valence-electron chi connectivity index (χ1n) is 7.92. The largest absolute Gasteiger partial charge is 0.333 e. The van der Waals surface area contributed by atoms with Crippen LogP contribution in [0, 0.1) is 6.92 Å². The third kappa shape index (κ3) is 2.99. The van der Waals surface area contributed by atoms with Crippen molar-refractivity contribution in [2.24, 2.45) is 0 Å². The summed E-state index contributed by atoms with van der Waals surface area (Å²) in [6.07, 6.45) is 3.27. The van der Waals surface area contributed by atoms with E-state index in [4.69, 9.17) is 0 Å². The van der Waals surface area contributed by atoms with Gasteiger partial charge in [-0.1, -0.05) is 0 Å². The van der Waals surface area contributed by atoms with E-state index in [2.05, 4.69) is 15.0 Å². The van der Waals surface area contributed by atoms with Gasteiger partial charge in [-0.05, 0) is 13.0 Å². The second-order valence-corrected chi connectivity index (χ2v) is 9.42. The van der Waals surface area contributed by atoms with Gasteiger partial charge in [-0.25, -0.2) is 23.4 Å². The molecule has 25 heavy (non-hydrogen) atoms. The molecular formula is C15H17N5O3S2. The highest BCUT2D eigenvalue weighted by molar-refractivity contribution is 7.91. The molecule has 0 aliphatic carbocycles. The third-order valence-corrected chi connectivity index (χ3v) is 7.06.